The molecular weight excluding hydrogens is 176 g/mol. The van der Waals surface area contributed by atoms with Crippen LogP contribution >= 0.6 is 0 Å². The molecule has 0 radical (unpaired) electrons. The number of hydrogen-bond acceptors (Lipinski definition) is 3. The normalized spacial score (nSPS) is 9.64. The van der Waals surface area contributed by atoms with Crippen molar-refractivity contribution in [1.29, 1.82) is 0 Å². The van der Waals surface area contributed by atoms with Gasteiger partial charge in [-0.3, -0.25) is 0 Å². The van der Waals surface area contributed by atoms with Crippen LogP contribution in [0.1, 0.15) is 32.4 Å². The van der Waals surface area contributed by atoms with Gasteiger partial charge < -0.3 is 4.52 Å². The van der Waals surface area contributed by atoms with Crippen LogP contribution in [-0.2, 0) is 0 Å². The first-order chi connectivity index (χ1) is 6.79. The molecule has 0 N–H and O–H groups in total. The summed E-state index contributed by atoms with van der Waals surface area (Å²) >= 11 is 0. The lowest BCUT2D eigenvalue weighted by atomic mass is 10.3. The Kier molecular flexibility index (Phi) is 4.11. The molecule has 0 saturated carbocycles. The van der Waals surface area contributed by atoms with Gasteiger partial charge in [0.2, 0.25) is 0 Å². The Morgan fingerprint density at radius 2 is 2.00 bits per heavy atom. The Morgan fingerprint density at radius 1 is 1.29 bits per heavy atom. The van der Waals surface area contributed by atoms with E-state index >= 15 is 0 Å². The summed E-state index contributed by atoms with van der Waals surface area (Å²) in [6, 6.07) is 3.81. The summed E-state index contributed by atoms with van der Waals surface area (Å²) in [5.74, 6) is 0. The number of unbranched alkanes of at least 4 members (excludes halogenated alkanes) is 1. The maximum atomic E-state index is 4.89. The van der Waals surface area contributed by atoms with E-state index in [4.69, 9.17) is 4.52 Å². The molecule has 0 aliphatic heterocycles. The fourth-order valence-corrected chi connectivity index (χ4v) is 0.900. The monoisotopic (exact) mass is 192 g/mol. The average Bonchev–Trinajstić information content (AvgIpc) is 2.62. The molecule has 76 valence electrons. The van der Waals surface area contributed by atoms with Crippen molar-refractivity contribution in [3.05, 3.63) is 24.0 Å². The number of rotatable bonds is 1. The predicted molar refractivity (Wildman–Crippen MR) is 57.1 cm³/mol. The van der Waals surface area contributed by atoms with Gasteiger partial charge in [0, 0.05) is 6.20 Å². The molecule has 3 nitrogen and oxygen atoms in total. The van der Waals surface area contributed by atoms with Crippen molar-refractivity contribution in [1.82, 2.24) is 10.1 Å². The second-order valence-electron chi connectivity index (χ2n) is 3.12. The van der Waals surface area contributed by atoms with Crippen LogP contribution in [0.5, 0.6) is 0 Å². The summed E-state index contributed by atoms with van der Waals surface area (Å²) in [5, 5.41) is 4.75. The zero-order valence-corrected chi connectivity index (χ0v) is 8.95. The smallest absolute Gasteiger partial charge is 0.257 e. The lowest BCUT2D eigenvalue weighted by Gasteiger charge is -1.81. The van der Waals surface area contributed by atoms with Gasteiger partial charge in [-0.2, -0.15) is 0 Å². The average molecular weight is 192 g/mol. The highest BCUT2D eigenvalue weighted by Crippen LogP contribution is 2.13. The minimum Gasteiger partial charge on any atom is -0.336 e. The van der Waals surface area contributed by atoms with Crippen molar-refractivity contribution in [2.45, 2.75) is 33.6 Å². The summed E-state index contributed by atoms with van der Waals surface area (Å²) in [6.45, 7) is 6.26. The maximum Gasteiger partial charge on any atom is 0.257 e. The van der Waals surface area contributed by atoms with E-state index in [1.165, 1.54) is 12.8 Å². The summed E-state index contributed by atoms with van der Waals surface area (Å²) in [4.78, 5) is 3.97. The first-order valence-corrected chi connectivity index (χ1v) is 4.96. The van der Waals surface area contributed by atoms with Gasteiger partial charge in [-0.05, 0) is 19.1 Å². The first-order valence-electron chi connectivity index (χ1n) is 4.96. The topological polar surface area (TPSA) is 38.9 Å². The summed E-state index contributed by atoms with van der Waals surface area (Å²) in [6.07, 6.45) is 4.33. The Labute approximate surface area is 84.1 Å². The van der Waals surface area contributed by atoms with Crippen molar-refractivity contribution in [2.24, 2.45) is 0 Å². The van der Waals surface area contributed by atoms with Crippen molar-refractivity contribution in [3.8, 4) is 0 Å². The third-order valence-electron chi connectivity index (χ3n) is 1.93. The molecule has 0 bridgehead atoms. The van der Waals surface area contributed by atoms with E-state index in [0.717, 1.165) is 11.1 Å². The highest BCUT2D eigenvalue weighted by atomic mass is 16.5. The molecular formula is C11H16N2O. The molecule has 0 saturated heterocycles. The van der Waals surface area contributed by atoms with Crippen LogP contribution in [0.15, 0.2) is 22.9 Å². The minimum absolute atomic E-state index is 0.611. The zero-order valence-electron chi connectivity index (χ0n) is 8.95. The second-order valence-corrected chi connectivity index (χ2v) is 3.12. The quantitative estimate of drug-likeness (QED) is 0.695. The summed E-state index contributed by atoms with van der Waals surface area (Å²) in [5.41, 5.74) is 1.50. The number of hydrogen-bond donors (Lipinski definition) is 0. The molecule has 0 atom stereocenters. The standard InChI is InChI=1S/C7H6N2O.C4H10/c1-5-6-3-2-4-8-7(6)10-9-5;1-3-4-2/h2-4H,1H3;3-4H2,1-2H3. The summed E-state index contributed by atoms with van der Waals surface area (Å²) in [7, 11) is 0. The van der Waals surface area contributed by atoms with Gasteiger partial charge in [-0.1, -0.05) is 31.8 Å². The van der Waals surface area contributed by atoms with Crippen LogP contribution < -0.4 is 0 Å². The van der Waals surface area contributed by atoms with E-state index in [1.807, 2.05) is 19.1 Å². The number of aryl methyl sites for hydroxylation is 1. The number of pyridine rings is 1. The van der Waals surface area contributed by atoms with Crippen LogP contribution in [0.25, 0.3) is 11.1 Å². The number of aromatic nitrogens is 2. The van der Waals surface area contributed by atoms with E-state index in [9.17, 15) is 0 Å². The zero-order chi connectivity index (χ0) is 10.4. The van der Waals surface area contributed by atoms with Crippen LogP contribution in [-0.4, -0.2) is 10.1 Å². The molecule has 0 aromatic carbocycles. The number of nitrogens with zero attached hydrogens (tertiary/aromatic N) is 2. The predicted octanol–water partition coefficient (Wildman–Crippen LogP) is 3.34. The molecule has 2 heterocycles. The molecule has 0 amide bonds. The highest BCUT2D eigenvalue weighted by Gasteiger charge is 2.01. The van der Waals surface area contributed by atoms with E-state index in [-0.39, 0.29) is 0 Å². The van der Waals surface area contributed by atoms with Gasteiger partial charge >= 0.3 is 0 Å². The van der Waals surface area contributed by atoms with Gasteiger partial charge in [-0.25, -0.2) is 4.98 Å². The SMILES string of the molecule is CCCC.Cc1noc2ncccc12. The first kappa shape index (κ1) is 10.7. The van der Waals surface area contributed by atoms with Crippen LogP contribution in [0.3, 0.4) is 0 Å². The van der Waals surface area contributed by atoms with Crippen LogP contribution in [0.4, 0.5) is 0 Å². The molecule has 2 aromatic heterocycles. The van der Waals surface area contributed by atoms with Gasteiger partial charge in [0.15, 0.2) is 0 Å². The Hall–Kier alpha value is -1.38. The molecule has 0 unspecified atom stereocenters. The molecule has 2 rings (SSSR count). The fraction of sp³-hybridized carbons (Fsp3) is 0.455. The van der Waals surface area contributed by atoms with E-state index in [0.29, 0.717) is 5.71 Å². The lowest BCUT2D eigenvalue weighted by molar-refractivity contribution is 0.443. The number of fused-ring (bicyclic) bond motifs is 1. The van der Waals surface area contributed by atoms with Gasteiger partial charge in [0.05, 0.1) is 11.1 Å². The third kappa shape index (κ3) is 2.55. The fourth-order valence-electron chi connectivity index (χ4n) is 0.900. The van der Waals surface area contributed by atoms with E-state index < -0.39 is 0 Å². The molecule has 0 fully saturated rings. The summed E-state index contributed by atoms with van der Waals surface area (Å²) < 4.78 is 4.89. The van der Waals surface area contributed by atoms with E-state index in [1.54, 1.807) is 6.20 Å². The highest BCUT2D eigenvalue weighted by molar-refractivity contribution is 5.74. The van der Waals surface area contributed by atoms with Crippen LogP contribution in [0, 0.1) is 6.92 Å². The van der Waals surface area contributed by atoms with Gasteiger partial charge in [0.1, 0.15) is 0 Å². The molecule has 0 aliphatic rings. The minimum atomic E-state index is 0.611. The second kappa shape index (κ2) is 5.37. The van der Waals surface area contributed by atoms with Crippen molar-refractivity contribution in [3.63, 3.8) is 0 Å². The van der Waals surface area contributed by atoms with Gasteiger partial charge in [0.25, 0.3) is 5.71 Å². The largest absolute Gasteiger partial charge is 0.336 e. The maximum absolute atomic E-state index is 4.89. The van der Waals surface area contributed by atoms with Crippen molar-refractivity contribution < 1.29 is 4.52 Å². The molecule has 3 heteroatoms. The molecule has 14 heavy (non-hydrogen) atoms. The van der Waals surface area contributed by atoms with E-state index in [2.05, 4.69) is 24.0 Å². The van der Waals surface area contributed by atoms with Crippen molar-refractivity contribution >= 4 is 11.1 Å². The molecule has 2 aromatic rings. The van der Waals surface area contributed by atoms with Gasteiger partial charge in [-0.15, -0.1) is 0 Å². The lowest BCUT2D eigenvalue weighted by Crippen LogP contribution is -1.70. The Balaban J connectivity index is 0.000000213. The Bertz CT molecular complexity index is 379. The Morgan fingerprint density at radius 3 is 2.57 bits per heavy atom. The van der Waals surface area contributed by atoms with Crippen molar-refractivity contribution in [2.75, 3.05) is 0 Å². The third-order valence-corrected chi connectivity index (χ3v) is 1.93. The molecule has 0 spiro atoms. The van der Waals surface area contributed by atoms with Crippen LogP contribution in [0.2, 0.25) is 0 Å². The molecule has 0 aliphatic carbocycles.